The van der Waals surface area contributed by atoms with Crippen molar-refractivity contribution < 1.29 is 19.6 Å². The number of hydrogen-bond donors (Lipinski definition) is 1. The summed E-state index contributed by atoms with van der Waals surface area (Å²) in [4.78, 5) is 29.0. The Morgan fingerprint density at radius 1 is 1.21 bits per heavy atom. The minimum Gasteiger partial charge on any atom is -0.868 e. The second-order valence-corrected chi connectivity index (χ2v) is 8.68. The molecule has 0 aliphatic carbocycles. The van der Waals surface area contributed by atoms with Gasteiger partial charge in [-0.2, -0.15) is 0 Å². The van der Waals surface area contributed by atoms with Crippen LogP contribution in [0.4, 0.5) is 0 Å². The van der Waals surface area contributed by atoms with Crippen molar-refractivity contribution in [1.82, 2.24) is 4.90 Å². The summed E-state index contributed by atoms with van der Waals surface area (Å²) in [6, 6.07) is 10.7. The second-order valence-electron chi connectivity index (χ2n) is 7.73. The summed E-state index contributed by atoms with van der Waals surface area (Å²) < 4.78 is 0. The Bertz CT molecular complexity index is 883. The predicted molar refractivity (Wildman–Crippen MR) is 108 cm³/mol. The standard InChI is InChI=1S/C22H26N2O3S/c1-14(2)15-7-9-16(10-8-15)19-18(20(25)17-6-5-13-28-17)21(26)22(27)24(19)12-11-23(3)4/h5-10,13-14,19,26H,11-12H2,1-4H3. The van der Waals surface area contributed by atoms with E-state index in [9.17, 15) is 14.7 Å². The highest BCUT2D eigenvalue weighted by atomic mass is 32.1. The van der Waals surface area contributed by atoms with Crippen molar-refractivity contribution in [2.45, 2.75) is 25.8 Å². The highest BCUT2D eigenvalue weighted by molar-refractivity contribution is 7.12. The molecule has 2 heterocycles. The number of rotatable bonds is 7. The number of thiophene rings is 1. The van der Waals surface area contributed by atoms with E-state index >= 15 is 0 Å². The first-order valence-electron chi connectivity index (χ1n) is 9.50. The molecule has 0 radical (unpaired) electrons. The Labute approximate surface area is 169 Å². The molecular weight excluding hydrogens is 372 g/mol. The van der Waals surface area contributed by atoms with E-state index in [4.69, 9.17) is 0 Å². The summed E-state index contributed by atoms with van der Waals surface area (Å²) in [5.41, 5.74) is 2.05. The van der Waals surface area contributed by atoms with Gasteiger partial charge in [0.2, 0.25) is 11.7 Å². The van der Waals surface area contributed by atoms with Crippen LogP contribution in [0.15, 0.2) is 53.1 Å². The van der Waals surface area contributed by atoms with Crippen molar-refractivity contribution in [3.63, 3.8) is 0 Å². The molecule has 2 aromatic rings. The van der Waals surface area contributed by atoms with Crippen LogP contribution in [0.2, 0.25) is 0 Å². The minimum absolute atomic E-state index is 0.0681. The Kier molecular flexibility index (Phi) is 6.01. The number of quaternary nitrogens is 1. The van der Waals surface area contributed by atoms with Gasteiger partial charge in [0.05, 0.1) is 38.1 Å². The number of nitrogens with zero attached hydrogens (tertiary/aromatic N) is 1. The number of benzene rings is 1. The van der Waals surface area contributed by atoms with Crippen molar-refractivity contribution in [1.29, 1.82) is 0 Å². The van der Waals surface area contributed by atoms with Gasteiger partial charge in [0.15, 0.2) is 0 Å². The third kappa shape index (κ3) is 3.88. The highest BCUT2D eigenvalue weighted by Crippen LogP contribution is 2.38. The van der Waals surface area contributed by atoms with E-state index in [0.29, 0.717) is 23.9 Å². The van der Waals surface area contributed by atoms with Crippen LogP contribution in [0.1, 0.15) is 46.6 Å². The summed E-state index contributed by atoms with van der Waals surface area (Å²) in [7, 11) is 3.99. The maximum atomic E-state index is 13.1. The molecule has 1 aliphatic rings. The molecule has 1 unspecified atom stereocenters. The monoisotopic (exact) mass is 398 g/mol. The molecular formula is C22H26N2O3S. The number of hydrogen-bond acceptors (Lipinski definition) is 4. The lowest BCUT2D eigenvalue weighted by molar-refractivity contribution is -0.857. The average molecular weight is 399 g/mol. The Morgan fingerprint density at radius 2 is 1.89 bits per heavy atom. The molecule has 5 nitrogen and oxygen atoms in total. The fraction of sp³-hybridized carbons (Fsp3) is 0.364. The number of ketones is 1. The van der Waals surface area contributed by atoms with E-state index in [0.717, 1.165) is 5.56 Å². The van der Waals surface area contributed by atoms with E-state index in [1.165, 1.54) is 21.8 Å². The number of likely N-dealkylation sites (N-methyl/N-ethyl adjacent to an activating group) is 1. The smallest absolute Gasteiger partial charge is 0.240 e. The lowest BCUT2D eigenvalue weighted by Crippen LogP contribution is -3.06. The number of nitrogens with one attached hydrogen (secondary N) is 1. The van der Waals surface area contributed by atoms with E-state index in [1.807, 2.05) is 38.4 Å². The third-order valence-electron chi connectivity index (χ3n) is 5.05. The number of carbonyl (C=O) groups is 2. The zero-order chi connectivity index (χ0) is 20.4. The SMILES string of the molecule is CC(C)c1ccc(C2C(C(=O)c3cccs3)=C([O-])C(=O)N2CC[NH+](C)C)cc1. The van der Waals surface area contributed by atoms with Crippen molar-refractivity contribution in [2.24, 2.45) is 0 Å². The quantitative estimate of drug-likeness (QED) is 0.717. The zero-order valence-corrected chi connectivity index (χ0v) is 17.5. The Balaban J connectivity index is 2.04. The summed E-state index contributed by atoms with van der Waals surface area (Å²) in [5.74, 6) is -1.22. The van der Waals surface area contributed by atoms with Crippen molar-refractivity contribution in [2.75, 3.05) is 27.2 Å². The van der Waals surface area contributed by atoms with Crippen molar-refractivity contribution in [3.05, 3.63) is 69.1 Å². The molecule has 28 heavy (non-hydrogen) atoms. The van der Waals surface area contributed by atoms with E-state index < -0.39 is 17.7 Å². The van der Waals surface area contributed by atoms with Crippen LogP contribution in [0.5, 0.6) is 0 Å². The summed E-state index contributed by atoms with van der Waals surface area (Å²) >= 11 is 1.29. The van der Waals surface area contributed by atoms with Crippen LogP contribution in [0, 0.1) is 0 Å². The fourth-order valence-electron chi connectivity index (χ4n) is 3.40. The predicted octanol–water partition coefficient (Wildman–Crippen LogP) is 1.40. The summed E-state index contributed by atoms with van der Waals surface area (Å²) in [6.45, 7) is 5.34. The lowest BCUT2D eigenvalue weighted by atomic mass is 9.93. The first-order chi connectivity index (χ1) is 13.3. The molecule has 0 saturated carbocycles. The number of Topliss-reactive ketones (excluding diaryl/α,β-unsaturated/α-hetero) is 1. The minimum atomic E-state index is -0.676. The number of amides is 1. The zero-order valence-electron chi connectivity index (χ0n) is 16.7. The van der Waals surface area contributed by atoms with Gasteiger partial charge >= 0.3 is 0 Å². The second kappa shape index (κ2) is 8.29. The molecule has 1 aliphatic heterocycles. The maximum Gasteiger partial charge on any atom is 0.240 e. The van der Waals surface area contributed by atoms with Gasteiger partial charge in [-0.25, -0.2) is 0 Å². The van der Waals surface area contributed by atoms with Gasteiger partial charge in [-0.15, -0.1) is 11.3 Å². The summed E-state index contributed by atoms with van der Waals surface area (Å²) in [6.07, 6.45) is 0. The van der Waals surface area contributed by atoms with Gasteiger partial charge in [0, 0.05) is 5.57 Å². The largest absolute Gasteiger partial charge is 0.868 e. The average Bonchev–Trinajstić information content (AvgIpc) is 3.28. The first kappa shape index (κ1) is 20.3. The third-order valence-corrected chi connectivity index (χ3v) is 5.91. The van der Waals surface area contributed by atoms with E-state index in [-0.39, 0.29) is 11.4 Å². The topological polar surface area (TPSA) is 64.9 Å². The molecule has 1 N–H and O–H groups in total. The van der Waals surface area contributed by atoms with Crippen LogP contribution in [0.25, 0.3) is 0 Å². The molecule has 1 atom stereocenters. The van der Waals surface area contributed by atoms with Crippen LogP contribution in [-0.2, 0) is 4.79 Å². The fourth-order valence-corrected chi connectivity index (χ4v) is 4.07. The maximum absolute atomic E-state index is 13.1. The van der Waals surface area contributed by atoms with Gasteiger partial charge in [-0.05, 0) is 34.3 Å². The first-order valence-corrected chi connectivity index (χ1v) is 10.4. The van der Waals surface area contributed by atoms with Gasteiger partial charge in [0.1, 0.15) is 0 Å². The van der Waals surface area contributed by atoms with Gasteiger partial charge in [-0.1, -0.05) is 44.2 Å². The van der Waals surface area contributed by atoms with Crippen LogP contribution in [-0.4, -0.2) is 43.8 Å². The number of carbonyl (C=O) groups excluding carboxylic acids is 2. The molecule has 1 aromatic carbocycles. The van der Waals surface area contributed by atoms with Gasteiger partial charge in [-0.3, -0.25) is 9.59 Å². The molecule has 3 rings (SSSR count). The van der Waals surface area contributed by atoms with Crippen LogP contribution >= 0.6 is 11.3 Å². The van der Waals surface area contributed by atoms with Crippen LogP contribution in [0.3, 0.4) is 0 Å². The molecule has 0 bridgehead atoms. The lowest BCUT2D eigenvalue weighted by Gasteiger charge is -2.28. The van der Waals surface area contributed by atoms with Crippen LogP contribution < -0.4 is 10.0 Å². The molecule has 6 heteroatoms. The molecule has 1 amide bonds. The Hall–Kier alpha value is -2.44. The molecule has 0 spiro atoms. The van der Waals surface area contributed by atoms with E-state index in [1.54, 1.807) is 22.4 Å². The van der Waals surface area contributed by atoms with Gasteiger partial charge in [0.25, 0.3) is 0 Å². The van der Waals surface area contributed by atoms with E-state index in [2.05, 4.69) is 13.8 Å². The van der Waals surface area contributed by atoms with Crippen molar-refractivity contribution in [3.8, 4) is 0 Å². The van der Waals surface area contributed by atoms with Crippen molar-refractivity contribution >= 4 is 23.0 Å². The normalized spacial score (nSPS) is 17.3. The highest BCUT2D eigenvalue weighted by Gasteiger charge is 2.39. The summed E-state index contributed by atoms with van der Waals surface area (Å²) in [5, 5.41) is 14.6. The molecule has 0 saturated heterocycles. The van der Waals surface area contributed by atoms with Gasteiger partial charge < -0.3 is 14.9 Å². The Morgan fingerprint density at radius 3 is 2.43 bits per heavy atom. The molecule has 1 aromatic heterocycles. The molecule has 0 fully saturated rings. The molecule has 148 valence electrons.